The molecule has 0 unspecified atom stereocenters. The Morgan fingerprint density at radius 2 is 2.06 bits per heavy atom. The number of hydrogen-bond acceptors (Lipinski definition) is 4. The number of carboxylic acid groups (broad SMARTS) is 1. The van der Waals surface area contributed by atoms with E-state index >= 15 is 0 Å². The summed E-state index contributed by atoms with van der Waals surface area (Å²) in [5.41, 5.74) is -5.49. The number of allylic oxidation sites excluding steroid dienone is 2. The Morgan fingerprint density at radius 3 is 2.44 bits per heavy atom. The van der Waals surface area contributed by atoms with E-state index in [-0.39, 0.29) is 18.6 Å². The van der Waals surface area contributed by atoms with Crippen molar-refractivity contribution < 1.29 is 35.7 Å². The molecule has 0 amide bonds. The minimum Gasteiger partial charge on any atom is -0.481 e. The molecule has 1 aliphatic rings. The summed E-state index contributed by atoms with van der Waals surface area (Å²) >= 11 is 0. The Hall–Kier alpha value is -1.25. The molecule has 0 bridgehead atoms. The van der Waals surface area contributed by atoms with Gasteiger partial charge in [0.15, 0.2) is 0 Å². The van der Waals surface area contributed by atoms with Gasteiger partial charge in [-0.05, 0) is 18.4 Å². The third-order valence-corrected chi connectivity index (χ3v) is 3.60. The Bertz CT molecular complexity index is 465. The van der Waals surface area contributed by atoms with Crippen LogP contribution in [0.25, 0.3) is 0 Å². The molecule has 1 N–H and O–H groups in total. The molecule has 0 aromatic rings. The Morgan fingerprint density at radius 1 is 1.50 bits per heavy atom. The van der Waals surface area contributed by atoms with Crippen molar-refractivity contribution in [2.45, 2.75) is 25.3 Å². The predicted molar refractivity (Wildman–Crippen MR) is 53.7 cm³/mol. The maximum absolute atomic E-state index is 12.1. The highest BCUT2D eigenvalue weighted by Gasteiger charge is 2.49. The first-order valence-electron chi connectivity index (χ1n) is 4.99. The summed E-state index contributed by atoms with van der Waals surface area (Å²) in [6.07, 6.45) is 0.984. The number of halogens is 3. The lowest BCUT2D eigenvalue weighted by molar-refractivity contribution is -0.143. The SMILES string of the molecule is C[C@H]1C=C(OS(=O)(=O)C(F)(F)F)CC[C@H]1C(=O)O. The van der Waals surface area contributed by atoms with Crippen molar-refractivity contribution in [3.05, 3.63) is 11.8 Å². The fourth-order valence-electron chi connectivity index (χ4n) is 1.66. The molecular weight excluding hydrogens is 277 g/mol. The van der Waals surface area contributed by atoms with E-state index < -0.39 is 33.4 Å². The van der Waals surface area contributed by atoms with Crippen molar-refractivity contribution in [1.29, 1.82) is 0 Å². The summed E-state index contributed by atoms with van der Waals surface area (Å²) in [6, 6.07) is 0. The zero-order valence-corrected chi connectivity index (χ0v) is 10.1. The molecule has 0 aromatic carbocycles. The van der Waals surface area contributed by atoms with Gasteiger partial charge in [0, 0.05) is 6.42 Å². The van der Waals surface area contributed by atoms with Crippen LogP contribution < -0.4 is 0 Å². The third kappa shape index (κ3) is 3.15. The largest absolute Gasteiger partial charge is 0.534 e. The molecule has 0 heterocycles. The van der Waals surface area contributed by atoms with Crippen molar-refractivity contribution in [2.75, 3.05) is 0 Å². The highest BCUT2D eigenvalue weighted by molar-refractivity contribution is 7.87. The molecule has 0 saturated carbocycles. The number of hydrogen-bond donors (Lipinski definition) is 1. The standard InChI is InChI=1S/C9H11F3O5S/c1-5-4-6(2-3-7(5)8(13)14)17-18(15,16)9(10,11)12/h4-5,7H,2-3H2,1H3,(H,13,14)/t5-,7+/m0/s1. The van der Waals surface area contributed by atoms with E-state index in [4.69, 9.17) is 5.11 Å². The highest BCUT2D eigenvalue weighted by Crippen LogP contribution is 2.33. The summed E-state index contributed by atoms with van der Waals surface area (Å²) in [5.74, 6) is -2.77. The lowest BCUT2D eigenvalue weighted by atomic mass is 9.84. The molecule has 9 heteroatoms. The number of alkyl halides is 3. The van der Waals surface area contributed by atoms with Crippen LogP contribution in [0.3, 0.4) is 0 Å². The van der Waals surface area contributed by atoms with Crippen molar-refractivity contribution in [2.24, 2.45) is 11.8 Å². The normalized spacial score (nSPS) is 25.4. The van der Waals surface area contributed by atoms with Crippen LogP contribution in [0, 0.1) is 11.8 Å². The fourth-order valence-corrected chi connectivity index (χ4v) is 2.17. The second-order valence-corrected chi connectivity index (χ2v) is 5.50. The second kappa shape index (κ2) is 4.79. The average Bonchev–Trinajstić information content (AvgIpc) is 2.14. The molecule has 0 aromatic heterocycles. The maximum atomic E-state index is 12.1. The summed E-state index contributed by atoms with van der Waals surface area (Å²) < 4.78 is 61.6. The number of carboxylic acids is 1. The molecule has 5 nitrogen and oxygen atoms in total. The molecule has 0 radical (unpaired) electrons. The van der Waals surface area contributed by atoms with Crippen molar-refractivity contribution in [3.8, 4) is 0 Å². The van der Waals surface area contributed by atoms with Gasteiger partial charge in [-0.3, -0.25) is 4.79 Å². The number of aliphatic carboxylic acids is 1. The highest BCUT2D eigenvalue weighted by atomic mass is 32.2. The lowest BCUT2D eigenvalue weighted by Crippen LogP contribution is -2.28. The summed E-state index contributed by atoms with van der Waals surface area (Å²) in [5, 5.41) is 8.79. The Labute approximate surface area is 101 Å². The van der Waals surface area contributed by atoms with Crippen LogP contribution in [0.5, 0.6) is 0 Å². The summed E-state index contributed by atoms with van der Waals surface area (Å²) in [4.78, 5) is 10.7. The molecule has 0 saturated heterocycles. The van der Waals surface area contributed by atoms with Gasteiger partial charge < -0.3 is 9.29 Å². The van der Waals surface area contributed by atoms with E-state index in [0.29, 0.717) is 0 Å². The number of rotatable bonds is 3. The van der Waals surface area contributed by atoms with Gasteiger partial charge in [0.05, 0.1) is 5.92 Å². The zero-order valence-electron chi connectivity index (χ0n) is 9.27. The Kier molecular flexibility index (Phi) is 3.94. The molecule has 0 aliphatic heterocycles. The topological polar surface area (TPSA) is 80.7 Å². The summed E-state index contributed by atoms with van der Waals surface area (Å²) in [6.45, 7) is 1.47. The van der Waals surface area contributed by atoms with E-state index in [0.717, 1.165) is 6.08 Å². The molecule has 104 valence electrons. The molecule has 2 atom stereocenters. The van der Waals surface area contributed by atoms with Gasteiger partial charge in [-0.1, -0.05) is 6.92 Å². The molecule has 1 aliphatic carbocycles. The Balaban J connectivity index is 2.84. The van der Waals surface area contributed by atoms with Crippen molar-refractivity contribution in [3.63, 3.8) is 0 Å². The second-order valence-electron chi connectivity index (χ2n) is 3.96. The quantitative estimate of drug-likeness (QED) is 0.633. The zero-order chi connectivity index (χ0) is 14.1. The van der Waals surface area contributed by atoms with E-state index in [1.807, 2.05) is 0 Å². The first kappa shape index (κ1) is 14.8. The van der Waals surface area contributed by atoms with Gasteiger partial charge in [0.2, 0.25) is 0 Å². The maximum Gasteiger partial charge on any atom is 0.534 e. The monoisotopic (exact) mass is 288 g/mol. The molecule has 1 rings (SSSR count). The van der Waals surface area contributed by atoms with E-state index in [9.17, 15) is 26.4 Å². The van der Waals surface area contributed by atoms with Crippen LogP contribution in [-0.4, -0.2) is 25.0 Å². The lowest BCUT2D eigenvalue weighted by Gasteiger charge is -2.24. The summed E-state index contributed by atoms with van der Waals surface area (Å²) in [7, 11) is -5.67. The third-order valence-electron chi connectivity index (χ3n) is 2.60. The minimum atomic E-state index is -5.67. The smallest absolute Gasteiger partial charge is 0.481 e. The molecule has 0 spiro atoms. The van der Waals surface area contributed by atoms with E-state index in [1.165, 1.54) is 6.92 Å². The van der Waals surface area contributed by atoms with E-state index in [2.05, 4.69) is 4.18 Å². The first-order chi connectivity index (χ1) is 8.04. The average molecular weight is 288 g/mol. The van der Waals surface area contributed by atoms with Gasteiger partial charge in [0.1, 0.15) is 5.76 Å². The first-order valence-corrected chi connectivity index (χ1v) is 6.39. The van der Waals surface area contributed by atoms with Crippen LogP contribution in [0.2, 0.25) is 0 Å². The van der Waals surface area contributed by atoms with Gasteiger partial charge in [-0.15, -0.1) is 0 Å². The predicted octanol–water partition coefficient (Wildman–Crippen LogP) is 1.87. The van der Waals surface area contributed by atoms with Gasteiger partial charge >= 0.3 is 21.6 Å². The van der Waals surface area contributed by atoms with Crippen LogP contribution in [0.15, 0.2) is 11.8 Å². The van der Waals surface area contributed by atoms with Crippen LogP contribution in [-0.2, 0) is 19.1 Å². The molecular formula is C9H11F3O5S. The van der Waals surface area contributed by atoms with Crippen LogP contribution >= 0.6 is 0 Å². The van der Waals surface area contributed by atoms with Gasteiger partial charge in [-0.25, -0.2) is 0 Å². The number of carbonyl (C=O) groups is 1. The van der Waals surface area contributed by atoms with Crippen LogP contribution in [0.1, 0.15) is 19.8 Å². The fraction of sp³-hybridized carbons (Fsp3) is 0.667. The molecule has 0 fully saturated rings. The van der Waals surface area contributed by atoms with Gasteiger partial charge in [-0.2, -0.15) is 21.6 Å². The molecule has 18 heavy (non-hydrogen) atoms. The minimum absolute atomic E-state index is 0.0374. The van der Waals surface area contributed by atoms with E-state index in [1.54, 1.807) is 0 Å². The van der Waals surface area contributed by atoms with Gasteiger partial charge in [0.25, 0.3) is 0 Å². The van der Waals surface area contributed by atoms with Crippen molar-refractivity contribution in [1.82, 2.24) is 0 Å². The van der Waals surface area contributed by atoms with Crippen molar-refractivity contribution >= 4 is 16.1 Å². The van der Waals surface area contributed by atoms with Crippen LogP contribution in [0.4, 0.5) is 13.2 Å².